The van der Waals surface area contributed by atoms with E-state index in [2.05, 4.69) is 10.6 Å². The van der Waals surface area contributed by atoms with E-state index in [4.69, 9.17) is 4.74 Å². The van der Waals surface area contributed by atoms with Gasteiger partial charge in [-0.3, -0.25) is 4.79 Å². The molecule has 146 valence electrons. The summed E-state index contributed by atoms with van der Waals surface area (Å²) in [6.45, 7) is 4.91. The molecule has 0 aromatic heterocycles. The van der Waals surface area contributed by atoms with E-state index in [0.29, 0.717) is 42.7 Å². The van der Waals surface area contributed by atoms with E-state index in [0.717, 1.165) is 13.1 Å². The number of amides is 1. The highest BCUT2D eigenvalue weighted by atomic mass is 35.5. The summed E-state index contributed by atoms with van der Waals surface area (Å²) in [6.07, 6.45) is 0.380. The first-order chi connectivity index (χ1) is 12.0. The van der Waals surface area contributed by atoms with E-state index in [-0.39, 0.29) is 29.8 Å². The standard InChI is InChI=1S/C17H25N3O4S.ClH/c1-3-17(21)19-9-12-6-15(4-5-16(12)24-2)25(22,23)20-10-13-7-18-8-14(13)11-20;/h4-6,13-14,18H,3,7-11H2,1-2H3,(H,19,21);1H/t13-,14+;. The maximum absolute atomic E-state index is 13.0. The van der Waals surface area contributed by atoms with Gasteiger partial charge in [0.1, 0.15) is 5.75 Å². The lowest BCUT2D eigenvalue weighted by Crippen LogP contribution is -2.32. The van der Waals surface area contributed by atoms with Crippen molar-refractivity contribution < 1.29 is 17.9 Å². The Bertz CT molecular complexity index is 744. The Morgan fingerprint density at radius 1 is 1.31 bits per heavy atom. The van der Waals surface area contributed by atoms with Gasteiger partial charge in [0.25, 0.3) is 0 Å². The Hall–Kier alpha value is -1.35. The smallest absolute Gasteiger partial charge is 0.243 e. The molecule has 0 bridgehead atoms. The minimum Gasteiger partial charge on any atom is -0.496 e. The molecule has 2 atom stereocenters. The molecule has 2 aliphatic rings. The average Bonchev–Trinajstić information content (AvgIpc) is 3.21. The number of carbonyl (C=O) groups is 1. The fourth-order valence-corrected chi connectivity index (χ4v) is 5.13. The van der Waals surface area contributed by atoms with Crippen molar-refractivity contribution in [1.82, 2.24) is 14.9 Å². The molecule has 2 fully saturated rings. The van der Waals surface area contributed by atoms with Crippen LogP contribution in [0.2, 0.25) is 0 Å². The summed E-state index contributed by atoms with van der Waals surface area (Å²) in [5.41, 5.74) is 0.659. The lowest BCUT2D eigenvalue weighted by Gasteiger charge is -2.19. The number of carbonyl (C=O) groups excluding carboxylic acids is 1. The number of benzene rings is 1. The summed E-state index contributed by atoms with van der Waals surface area (Å²) < 4.78 is 32.9. The first kappa shape index (κ1) is 21.0. The van der Waals surface area contributed by atoms with Crippen molar-refractivity contribution in [1.29, 1.82) is 0 Å². The Balaban J connectivity index is 0.00000243. The molecule has 0 spiro atoms. The van der Waals surface area contributed by atoms with Crippen LogP contribution in [-0.2, 0) is 21.4 Å². The predicted molar refractivity (Wildman–Crippen MR) is 101 cm³/mol. The van der Waals surface area contributed by atoms with Gasteiger partial charge in [-0.05, 0) is 43.1 Å². The second-order valence-corrected chi connectivity index (χ2v) is 8.54. The van der Waals surface area contributed by atoms with Crippen LogP contribution in [0.5, 0.6) is 5.75 Å². The summed E-state index contributed by atoms with van der Waals surface area (Å²) in [5.74, 6) is 1.28. The van der Waals surface area contributed by atoms with Crippen molar-refractivity contribution in [2.75, 3.05) is 33.3 Å². The lowest BCUT2D eigenvalue weighted by molar-refractivity contribution is -0.120. The molecule has 0 aliphatic carbocycles. The van der Waals surface area contributed by atoms with Gasteiger partial charge in [-0.25, -0.2) is 8.42 Å². The second kappa shape index (κ2) is 8.56. The molecule has 2 N–H and O–H groups in total. The largest absolute Gasteiger partial charge is 0.496 e. The third-order valence-corrected chi connectivity index (χ3v) is 6.87. The van der Waals surface area contributed by atoms with Gasteiger partial charge in [0.15, 0.2) is 0 Å². The maximum Gasteiger partial charge on any atom is 0.243 e. The molecule has 3 rings (SSSR count). The van der Waals surface area contributed by atoms with Gasteiger partial charge in [0.2, 0.25) is 15.9 Å². The summed E-state index contributed by atoms with van der Waals surface area (Å²) in [7, 11) is -2.00. The Morgan fingerprint density at radius 3 is 2.54 bits per heavy atom. The number of nitrogens with zero attached hydrogens (tertiary/aromatic N) is 1. The summed E-state index contributed by atoms with van der Waals surface area (Å²) >= 11 is 0. The van der Waals surface area contributed by atoms with Crippen LogP contribution >= 0.6 is 12.4 Å². The topological polar surface area (TPSA) is 87.7 Å². The predicted octanol–water partition coefficient (Wildman–Crippen LogP) is 0.983. The Kier molecular flexibility index (Phi) is 6.90. The molecule has 1 aromatic rings. The summed E-state index contributed by atoms with van der Waals surface area (Å²) in [4.78, 5) is 11.8. The van der Waals surface area contributed by atoms with Crippen LogP contribution in [-0.4, -0.2) is 51.9 Å². The molecule has 26 heavy (non-hydrogen) atoms. The number of hydrogen-bond acceptors (Lipinski definition) is 5. The molecule has 0 saturated carbocycles. The number of hydrogen-bond donors (Lipinski definition) is 2. The highest BCUT2D eigenvalue weighted by Gasteiger charge is 2.41. The molecule has 1 amide bonds. The SMILES string of the molecule is CCC(=O)NCc1cc(S(=O)(=O)N2C[C@H]3CNC[C@H]3C2)ccc1OC.Cl. The molecule has 9 heteroatoms. The third-order valence-electron chi connectivity index (χ3n) is 5.04. The van der Waals surface area contributed by atoms with Crippen LogP contribution in [0.4, 0.5) is 0 Å². The normalized spacial score (nSPS) is 22.5. The molecule has 2 heterocycles. The van der Waals surface area contributed by atoms with Gasteiger partial charge in [-0.15, -0.1) is 12.4 Å². The Morgan fingerprint density at radius 2 is 1.96 bits per heavy atom. The van der Waals surface area contributed by atoms with Crippen LogP contribution in [0, 0.1) is 11.8 Å². The number of nitrogens with one attached hydrogen (secondary N) is 2. The van der Waals surface area contributed by atoms with Crippen molar-refractivity contribution in [3.63, 3.8) is 0 Å². The minimum absolute atomic E-state index is 0. The summed E-state index contributed by atoms with van der Waals surface area (Å²) in [5, 5.41) is 6.08. The van der Waals surface area contributed by atoms with Gasteiger partial charge >= 0.3 is 0 Å². The molecule has 2 aliphatic heterocycles. The molecule has 1 aromatic carbocycles. The number of methoxy groups -OCH3 is 1. The lowest BCUT2D eigenvalue weighted by atomic mass is 10.0. The zero-order chi connectivity index (χ0) is 18.0. The van der Waals surface area contributed by atoms with Crippen LogP contribution in [0.15, 0.2) is 23.1 Å². The molecule has 0 radical (unpaired) electrons. The zero-order valence-electron chi connectivity index (χ0n) is 15.0. The van der Waals surface area contributed by atoms with Gasteiger partial charge in [-0.1, -0.05) is 6.92 Å². The fourth-order valence-electron chi connectivity index (χ4n) is 3.53. The van der Waals surface area contributed by atoms with Crippen molar-refractivity contribution in [3.05, 3.63) is 23.8 Å². The summed E-state index contributed by atoms with van der Waals surface area (Å²) in [6, 6.07) is 4.83. The maximum atomic E-state index is 13.0. The van der Waals surface area contributed by atoms with Gasteiger partial charge in [0.05, 0.1) is 12.0 Å². The highest BCUT2D eigenvalue weighted by Crippen LogP contribution is 2.32. The average molecular weight is 404 g/mol. The molecule has 0 unspecified atom stereocenters. The number of halogens is 1. The van der Waals surface area contributed by atoms with Crippen molar-refractivity contribution in [2.45, 2.75) is 24.8 Å². The van der Waals surface area contributed by atoms with Crippen LogP contribution < -0.4 is 15.4 Å². The van der Waals surface area contributed by atoms with Crippen molar-refractivity contribution in [2.24, 2.45) is 11.8 Å². The van der Waals surface area contributed by atoms with E-state index >= 15 is 0 Å². The van der Waals surface area contributed by atoms with E-state index in [1.807, 2.05) is 0 Å². The van der Waals surface area contributed by atoms with Crippen LogP contribution in [0.25, 0.3) is 0 Å². The molecular formula is C17H26ClN3O4S. The quantitative estimate of drug-likeness (QED) is 0.739. The Labute approximate surface area is 160 Å². The number of fused-ring (bicyclic) bond motifs is 1. The number of sulfonamides is 1. The molecule has 2 saturated heterocycles. The van der Waals surface area contributed by atoms with E-state index in [9.17, 15) is 13.2 Å². The van der Waals surface area contributed by atoms with Crippen LogP contribution in [0.1, 0.15) is 18.9 Å². The van der Waals surface area contributed by atoms with Gasteiger partial charge < -0.3 is 15.4 Å². The van der Waals surface area contributed by atoms with E-state index < -0.39 is 10.0 Å². The van der Waals surface area contributed by atoms with Gasteiger partial charge in [-0.2, -0.15) is 4.31 Å². The first-order valence-corrected chi connectivity index (χ1v) is 10.0. The van der Waals surface area contributed by atoms with Crippen LogP contribution in [0.3, 0.4) is 0 Å². The van der Waals surface area contributed by atoms with E-state index in [1.54, 1.807) is 29.4 Å². The first-order valence-electron chi connectivity index (χ1n) is 8.60. The van der Waals surface area contributed by atoms with E-state index in [1.165, 1.54) is 7.11 Å². The molecule has 7 nitrogen and oxygen atoms in total. The van der Waals surface area contributed by atoms with Crippen molar-refractivity contribution >= 4 is 28.3 Å². The third kappa shape index (κ3) is 4.14. The number of ether oxygens (including phenoxy) is 1. The fraction of sp³-hybridized carbons (Fsp3) is 0.588. The molecular weight excluding hydrogens is 378 g/mol. The monoisotopic (exact) mass is 403 g/mol. The highest BCUT2D eigenvalue weighted by molar-refractivity contribution is 7.89. The second-order valence-electron chi connectivity index (χ2n) is 6.60. The number of rotatable bonds is 6. The van der Waals surface area contributed by atoms with Gasteiger partial charge in [0, 0.05) is 31.6 Å². The zero-order valence-corrected chi connectivity index (χ0v) is 16.7. The van der Waals surface area contributed by atoms with Crippen molar-refractivity contribution in [3.8, 4) is 5.75 Å². The minimum atomic E-state index is -3.54.